The molecule has 222 valence electrons. The standard InChI is InChI=1S/C30H42N12/c1-5-9-13-39-19-27(31-35-39)23-17-25(29-21-41(37-33-29)15-11-7-3)26(30-22-42(38-34-30)16-12-8-4)18-24(23)28-20-40(36-32-28)14-10-6-2/h17-22H,5-16H2,1-4H3. The van der Waals surface area contributed by atoms with Gasteiger partial charge in [0.25, 0.3) is 0 Å². The zero-order valence-electron chi connectivity index (χ0n) is 25.3. The molecule has 0 spiro atoms. The van der Waals surface area contributed by atoms with Crippen LogP contribution in [0.1, 0.15) is 79.1 Å². The molecule has 5 rings (SSSR count). The van der Waals surface area contributed by atoms with Crippen molar-refractivity contribution in [1.29, 1.82) is 0 Å². The minimum absolute atomic E-state index is 0.780. The maximum atomic E-state index is 4.59. The van der Waals surface area contributed by atoms with E-state index in [0.717, 1.165) is 123 Å². The Balaban J connectivity index is 1.67. The van der Waals surface area contributed by atoms with E-state index in [4.69, 9.17) is 0 Å². The van der Waals surface area contributed by atoms with Crippen molar-refractivity contribution < 1.29 is 0 Å². The highest BCUT2D eigenvalue weighted by atomic mass is 15.4. The summed E-state index contributed by atoms with van der Waals surface area (Å²) in [6.45, 7) is 12.0. The highest BCUT2D eigenvalue weighted by Crippen LogP contribution is 2.40. The minimum atomic E-state index is 0.780. The normalized spacial score (nSPS) is 11.5. The van der Waals surface area contributed by atoms with E-state index >= 15 is 0 Å². The Labute approximate surface area is 247 Å². The van der Waals surface area contributed by atoms with Crippen molar-refractivity contribution in [3.8, 4) is 45.0 Å². The van der Waals surface area contributed by atoms with E-state index in [1.54, 1.807) is 0 Å². The van der Waals surface area contributed by atoms with Crippen molar-refractivity contribution >= 4 is 0 Å². The van der Waals surface area contributed by atoms with Crippen LogP contribution in [0.3, 0.4) is 0 Å². The highest BCUT2D eigenvalue weighted by molar-refractivity contribution is 5.91. The number of nitrogens with zero attached hydrogens (tertiary/aromatic N) is 12. The molecule has 12 heteroatoms. The lowest BCUT2D eigenvalue weighted by molar-refractivity contribution is 0.553. The maximum absolute atomic E-state index is 4.59. The fourth-order valence-corrected chi connectivity index (χ4v) is 4.85. The third-order valence-electron chi connectivity index (χ3n) is 7.38. The van der Waals surface area contributed by atoms with Crippen molar-refractivity contribution in [2.24, 2.45) is 0 Å². The molecule has 12 nitrogen and oxygen atoms in total. The first-order valence-electron chi connectivity index (χ1n) is 15.4. The third-order valence-corrected chi connectivity index (χ3v) is 7.38. The molecule has 0 unspecified atom stereocenters. The summed E-state index contributed by atoms with van der Waals surface area (Å²) >= 11 is 0. The van der Waals surface area contributed by atoms with Gasteiger partial charge < -0.3 is 0 Å². The minimum Gasteiger partial charge on any atom is -0.252 e. The molecule has 0 aliphatic carbocycles. The van der Waals surface area contributed by atoms with Crippen molar-refractivity contribution in [3.63, 3.8) is 0 Å². The van der Waals surface area contributed by atoms with Crippen LogP contribution < -0.4 is 0 Å². The van der Waals surface area contributed by atoms with Crippen LogP contribution in [-0.2, 0) is 26.2 Å². The molecule has 0 fully saturated rings. The number of aromatic nitrogens is 12. The average Bonchev–Trinajstić information content (AvgIpc) is 3.83. The molecule has 4 heterocycles. The molecule has 0 radical (unpaired) electrons. The Morgan fingerprint density at radius 3 is 0.857 bits per heavy atom. The lowest BCUT2D eigenvalue weighted by Gasteiger charge is -2.12. The largest absolute Gasteiger partial charge is 0.252 e. The predicted octanol–water partition coefficient (Wildman–Crippen LogP) is 5.92. The second-order valence-corrected chi connectivity index (χ2v) is 10.8. The van der Waals surface area contributed by atoms with Gasteiger partial charge in [0.1, 0.15) is 22.8 Å². The maximum Gasteiger partial charge on any atom is 0.113 e. The molecule has 1 aromatic carbocycles. The summed E-state index contributed by atoms with van der Waals surface area (Å²) in [4.78, 5) is 0. The van der Waals surface area contributed by atoms with Gasteiger partial charge >= 0.3 is 0 Å². The van der Waals surface area contributed by atoms with E-state index in [2.05, 4.69) is 81.1 Å². The first-order valence-corrected chi connectivity index (χ1v) is 15.4. The topological polar surface area (TPSA) is 123 Å². The number of unbranched alkanes of at least 4 members (excludes halogenated alkanes) is 4. The first kappa shape index (κ1) is 29.3. The smallest absolute Gasteiger partial charge is 0.113 e. The number of hydrogen-bond donors (Lipinski definition) is 0. The zero-order valence-corrected chi connectivity index (χ0v) is 25.3. The number of aryl methyl sites for hydroxylation is 4. The van der Waals surface area contributed by atoms with E-state index in [9.17, 15) is 0 Å². The number of hydrogen-bond acceptors (Lipinski definition) is 8. The molecule has 0 bridgehead atoms. The van der Waals surface area contributed by atoms with E-state index in [-0.39, 0.29) is 0 Å². The molecule has 0 N–H and O–H groups in total. The van der Waals surface area contributed by atoms with Gasteiger partial charge in [0.2, 0.25) is 0 Å². The zero-order chi connectivity index (χ0) is 29.3. The monoisotopic (exact) mass is 570 g/mol. The first-order chi connectivity index (χ1) is 20.6. The number of rotatable bonds is 16. The van der Waals surface area contributed by atoms with Crippen LogP contribution in [-0.4, -0.2) is 60.0 Å². The van der Waals surface area contributed by atoms with Crippen LogP contribution in [0.15, 0.2) is 36.9 Å². The Hall–Kier alpha value is -4.22. The summed E-state index contributed by atoms with van der Waals surface area (Å²) in [5, 5.41) is 36.1. The van der Waals surface area contributed by atoms with Crippen LogP contribution in [0.5, 0.6) is 0 Å². The molecule has 0 saturated carbocycles. The molecule has 42 heavy (non-hydrogen) atoms. The molecule has 0 atom stereocenters. The Morgan fingerprint density at radius 2 is 0.643 bits per heavy atom. The lowest BCUT2D eigenvalue weighted by Crippen LogP contribution is -1.98. The fourth-order valence-electron chi connectivity index (χ4n) is 4.85. The van der Waals surface area contributed by atoms with Gasteiger partial charge in [0, 0.05) is 48.4 Å². The molecule has 0 aliphatic heterocycles. The van der Waals surface area contributed by atoms with Gasteiger partial charge in [-0.25, -0.2) is 0 Å². The summed E-state index contributed by atoms with van der Waals surface area (Å²) in [5.74, 6) is 0. The average molecular weight is 571 g/mol. The van der Waals surface area contributed by atoms with Crippen molar-refractivity contribution in [2.75, 3.05) is 0 Å². The molecule has 0 aliphatic rings. The van der Waals surface area contributed by atoms with Crippen LogP contribution >= 0.6 is 0 Å². The summed E-state index contributed by atoms with van der Waals surface area (Å²) < 4.78 is 7.65. The van der Waals surface area contributed by atoms with Gasteiger partial charge in [-0.15, -0.1) is 20.4 Å². The Morgan fingerprint density at radius 1 is 0.405 bits per heavy atom. The van der Waals surface area contributed by atoms with Crippen LogP contribution in [0.2, 0.25) is 0 Å². The summed E-state index contributed by atoms with van der Waals surface area (Å²) in [5.41, 5.74) is 6.79. The van der Waals surface area contributed by atoms with E-state index in [1.165, 1.54) is 0 Å². The van der Waals surface area contributed by atoms with Crippen LogP contribution in [0, 0.1) is 0 Å². The van der Waals surface area contributed by atoms with Gasteiger partial charge in [0.05, 0.1) is 24.8 Å². The summed E-state index contributed by atoms with van der Waals surface area (Å²) in [7, 11) is 0. The van der Waals surface area contributed by atoms with Crippen LogP contribution in [0.4, 0.5) is 0 Å². The molecular weight excluding hydrogens is 528 g/mol. The lowest BCUT2D eigenvalue weighted by atomic mass is 9.92. The van der Waals surface area contributed by atoms with Crippen LogP contribution in [0.25, 0.3) is 45.0 Å². The van der Waals surface area contributed by atoms with Crippen molar-refractivity contribution in [2.45, 2.75) is 105 Å². The van der Waals surface area contributed by atoms with Gasteiger partial charge in [-0.3, -0.25) is 18.7 Å². The molecule has 0 amide bonds. The van der Waals surface area contributed by atoms with Gasteiger partial charge in [-0.2, -0.15) is 0 Å². The molecule has 5 aromatic rings. The second kappa shape index (κ2) is 14.1. The van der Waals surface area contributed by atoms with Crippen molar-refractivity contribution in [1.82, 2.24) is 60.0 Å². The van der Waals surface area contributed by atoms with Crippen molar-refractivity contribution in [3.05, 3.63) is 36.9 Å². The molecule has 0 saturated heterocycles. The Kier molecular flexibility index (Phi) is 9.83. The molecule has 4 aromatic heterocycles. The molecular formula is C30H42N12. The summed E-state index contributed by atoms with van der Waals surface area (Å²) in [6, 6.07) is 4.26. The van der Waals surface area contributed by atoms with E-state index in [1.807, 2.05) is 43.5 Å². The van der Waals surface area contributed by atoms with E-state index in [0.29, 0.717) is 0 Å². The fraction of sp³-hybridized carbons (Fsp3) is 0.533. The Bertz CT molecular complexity index is 1330. The number of benzene rings is 1. The summed E-state index contributed by atoms with van der Waals surface area (Å²) in [6.07, 6.45) is 16.6. The SMILES string of the molecule is CCCCn1cc(-c2cc(-c3cn(CCCC)nn3)c(-c3cn(CCCC)nn3)cc2-c2cn(CCCC)nn2)nn1. The second-order valence-electron chi connectivity index (χ2n) is 10.8. The van der Waals surface area contributed by atoms with Gasteiger partial charge in [-0.1, -0.05) is 74.2 Å². The third kappa shape index (κ3) is 6.80. The van der Waals surface area contributed by atoms with Gasteiger partial charge in [0.15, 0.2) is 0 Å². The van der Waals surface area contributed by atoms with E-state index < -0.39 is 0 Å². The quantitative estimate of drug-likeness (QED) is 0.143. The van der Waals surface area contributed by atoms with Gasteiger partial charge in [-0.05, 0) is 37.8 Å². The predicted molar refractivity (Wildman–Crippen MR) is 162 cm³/mol. The highest BCUT2D eigenvalue weighted by Gasteiger charge is 2.22.